The molecule has 1 amide bonds. The highest BCUT2D eigenvalue weighted by atomic mass is 19.3. The number of benzene rings is 1. The lowest BCUT2D eigenvalue weighted by molar-refractivity contribution is -0.148. The predicted molar refractivity (Wildman–Crippen MR) is 61.1 cm³/mol. The number of nitrogens with two attached hydrogens (primary N) is 1. The molecular formula is C12H11F4NO2. The first-order valence-corrected chi connectivity index (χ1v) is 5.17. The Morgan fingerprint density at radius 3 is 2.37 bits per heavy atom. The monoisotopic (exact) mass is 277 g/mol. The molecule has 0 atom stereocenters. The Hall–Kier alpha value is -2.05. The lowest BCUT2D eigenvalue weighted by Gasteiger charge is -2.15. The normalized spacial score (nSPS) is 12.1. The van der Waals surface area contributed by atoms with E-state index in [0.717, 1.165) is 6.08 Å². The van der Waals surface area contributed by atoms with Gasteiger partial charge in [-0.1, -0.05) is 12.1 Å². The third kappa shape index (κ3) is 4.99. The standard InChI is InChI=1S/C12H11F4NO2/c13-11(14)12(15,16)7-19-9-4-1-8(2-5-9)3-6-10(17)18/h1-6,11H,7H2,(H2,17,18). The van der Waals surface area contributed by atoms with E-state index in [1.807, 2.05) is 0 Å². The van der Waals surface area contributed by atoms with Gasteiger partial charge in [-0.2, -0.15) is 8.78 Å². The molecule has 0 unspecified atom stereocenters. The summed E-state index contributed by atoms with van der Waals surface area (Å²) in [4.78, 5) is 10.5. The van der Waals surface area contributed by atoms with Gasteiger partial charge in [-0.05, 0) is 23.8 Å². The molecule has 0 aliphatic rings. The van der Waals surface area contributed by atoms with Gasteiger partial charge in [0.05, 0.1) is 0 Å². The smallest absolute Gasteiger partial charge is 0.340 e. The van der Waals surface area contributed by atoms with Crippen LogP contribution in [-0.4, -0.2) is 24.9 Å². The van der Waals surface area contributed by atoms with Crippen LogP contribution in [0.4, 0.5) is 17.6 Å². The molecule has 0 spiro atoms. The molecule has 7 heteroatoms. The number of hydrogen-bond acceptors (Lipinski definition) is 2. The first-order valence-electron chi connectivity index (χ1n) is 5.17. The number of primary amides is 1. The predicted octanol–water partition coefficient (Wildman–Crippen LogP) is 2.46. The van der Waals surface area contributed by atoms with Crippen LogP contribution in [0, 0.1) is 0 Å². The Balaban J connectivity index is 2.60. The number of ether oxygens (including phenoxy) is 1. The maximum absolute atomic E-state index is 12.6. The van der Waals surface area contributed by atoms with Gasteiger partial charge in [-0.15, -0.1) is 0 Å². The minimum Gasteiger partial charge on any atom is -0.487 e. The third-order valence-corrected chi connectivity index (χ3v) is 2.07. The molecule has 3 nitrogen and oxygen atoms in total. The molecule has 0 aliphatic carbocycles. The van der Waals surface area contributed by atoms with Gasteiger partial charge in [0.15, 0.2) is 6.61 Å². The summed E-state index contributed by atoms with van der Waals surface area (Å²) in [6.07, 6.45) is -1.23. The van der Waals surface area contributed by atoms with Crippen LogP contribution in [0.15, 0.2) is 30.3 Å². The highest BCUT2D eigenvalue weighted by Gasteiger charge is 2.41. The second kappa shape index (κ2) is 6.21. The van der Waals surface area contributed by atoms with Gasteiger partial charge in [-0.3, -0.25) is 4.79 Å². The number of halogens is 4. The van der Waals surface area contributed by atoms with Crippen LogP contribution in [0.2, 0.25) is 0 Å². The van der Waals surface area contributed by atoms with E-state index >= 15 is 0 Å². The zero-order valence-electron chi connectivity index (χ0n) is 9.65. The van der Waals surface area contributed by atoms with E-state index in [1.54, 1.807) is 0 Å². The summed E-state index contributed by atoms with van der Waals surface area (Å²) in [6, 6.07) is 5.58. The van der Waals surface area contributed by atoms with E-state index < -0.39 is 24.9 Å². The topological polar surface area (TPSA) is 52.3 Å². The Labute approximate surface area is 106 Å². The van der Waals surface area contributed by atoms with Gasteiger partial charge in [-0.25, -0.2) is 8.78 Å². The first-order chi connectivity index (χ1) is 8.81. The lowest BCUT2D eigenvalue weighted by atomic mass is 10.2. The molecule has 0 bridgehead atoms. The number of amides is 1. The fraction of sp³-hybridized carbons (Fsp3) is 0.250. The van der Waals surface area contributed by atoms with E-state index in [0.29, 0.717) is 5.56 Å². The first kappa shape index (κ1) is 15.0. The van der Waals surface area contributed by atoms with Crippen molar-refractivity contribution in [2.75, 3.05) is 6.61 Å². The number of alkyl halides is 4. The largest absolute Gasteiger partial charge is 0.487 e. The van der Waals surface area contributed by atoms with Gasteiger partial charge < -0.3 is 10.5 Å². The molecular weight excluding hydrogens is 266 g/mol. The van der Waals surface area contributed by atoms with Gasteiger partial charge in [0, 0.05) is 6.08 Å². The van der Waals surface area contributed by atoms with Crippen molar-refractivity contribution < 1.29 is 27.1 Å². The fourth-order valence-corrected chi connectivity index (χ4v) is 1.10. The van der Waals surface area contributed by atoms with Crippen molar-refractivity contribution in [3.05, 3.63) is 35.9 Å². The molecule has 0 saturated carbocycles. The molecule has 2 N–H and O–H groups in total. The van der Waals surface area contributed by atoms with Gasteiger partial charge in [0.25, 0.3) is 0 Å². The van der Waals surface area contributed by atoms with Crippen LogP contribution < -0.4 is 10.5 Å². The minimum atomic E-state index is -4.19. The SMILES string of the molecule is NC(=O)C=Cc1ccc(OCC(F)(F)C(F)F)cc1. The van der Waals surface area contributed by atoms with E-state index in [-0.39, 0.29) is 5.75 Å². The number of hydrogen-bond donors (Lipinski definition) is 1. The number of rotatable bonds is 6. The van der Waals surface area contributed by atoms with Crippen molar-refractivity contribution in [3.63, 3.8) is 0 Å². The lowest BCUT2D eigenvalue weighted by Crippen LogP contribution is -2.33. The zero-order valence-corrected chi connectivity index (χ0v) is 9.65. The second-order valence-corrected chi connectivity index (χ2v) is 3.66. The molecule has 1 aromatic carbocycles. The van der Waals surface area contributed by atoms with Crippen molar-refractivity contribution >= 4 is 12.0 Å². The molecule has 0 saturated heterocycles. The Morgan fingerprint density at radius 1 is 1.32 bits per heavy atom. The van der Waals surface area contributed by atoms with Crippen molar-refractivity contribution in [3.8, 4) is 5.75 Å². The minimum absolute atomic E-state index is 0.0246. The van der Waals surface area contributed by atoms with Crippen LogP contribution in [0.5, 0.6) is 5.75 Å². The third-order valence-electron chi connectivity index (χ3n) is 2.07. The van der Waals surface area contributed by atoms with Crippen LogP contribution in [0.1, 0.15) is 5.56 Å². The Bertz CT molecular complexity index is 457. The maximum Gasteiger partial charge on any atom is 0.340 e. The average molecular weight is 277 g/mol. The number of carbonyl (C=O) groups excluding carboxylic acids is 1. The highest BCUT2D eigenvalue weighted by molar-refractivity contribution is 5.90. The zero-order chi connectivity index (χ0) is 14.5. The van der Waals surface area contributed by atoms with Gasteiger partial charge in [0.1, 0.15) is 5.75 Å². The van der Waals surface area contributed by atoms with Crippen LogP contribution in [-0.2, 0) is 4.79 Å². The van der Waals surface area contributed by atoms with Crippen molar-refractivity contribution in [2.45, 2.75) is 12.3 Å². The molecule has 0 heterocycles. The summed E-state index contributed by atoms with van der Waals surface area (Å²) < 4.78 is 53.5. The van der Waals surface area contributed by atoms with E-state index in [2.05, 4.69) is 4.74 Å². The van der Waals surface area contributed by atoms with E-state index in [9.17, 15) is 22.4 Å². The van der Waals surface area contributed by atoms with Crippen LogP contribution in [0.3, 0.4) is 0 Å². The second-order valence-electron chi connectivity index (χ2n) is 3.66. The summed E-state index contributed by atoms with van der Waals surface area (Å²) >= 11 is 0. The molecule has 1 aromatic rings. The Morgan fingerprint density at radius 2 is 1.89 bits per heavy atom. The molecule has 19 heavy (non-hydrogen) atoms. The molecule has 0 radical (unpaired) electrons. The summed E-state index contributed by atoms with van der Waals surface area (Å²) in [7, 11) is 0. The van der Waals surface area contributed by atoms with Crippen molar-refractivity contribution in [2.24, 2.45) is 5.73 Å². The Kier molecular flexibility index (Phi) is 4.91. The quantitative estimate of drug-likeness (QED) is 0.641. The summed E-state index contributed by atoms with van der Waals surface area (Å²) in [5.74, 6) is -4.79. The molecule has 104 valence electrons. The van der Waals surface area contributed by atoms with Gasteiger partial charge >= 0.3 is 12.3 Å². The van der Waals surface area contributed by atoms with Crippen molar-refractivity contribution in [1.82, 2.24) is 0 Å². The summed E-state index contributed by atoms with van der Waals surface area (Å²) in [6.45, 7) is -1.40. The molecule has 0 aromatic heterocycles. The van der Waals surface area contributed by atoms with Crippen molar-refractivity contribution in [1.29, 1.82) is 0 Å². The molecule has 1 rings (SSSR count). The summed E-state index contributed by atoms with van der Waals surface area (Å²) in [5.41, 5.74) is 5.48. The van der Waals surface area contributed by atoms with E-state index in [4.69, 9.17) is 5.73 Å². The maximum atomic E-state index is 12.6. The number of carbonyl (C=O) groups is 1. The fourth-order valence-electron chi connectivity index (χ4n) is 1.10. The van der Waals surface area contributed by atoms with E-state index in [1.165, 1.54) is 30.3 Å². The van der Waals surface area contributed by atoms with Gasteiger partial charge in [0.2, 0.25) is 5.91 Å². The van der Waals surface area contributed by atoms with Crippen LogP contribution in [0.25, 0.3) is 6.08 Å². The average Bonchev–Trinajstić information content (AvgIpc) is 2.35. The molecule has 0 fully saturated rings. The highest BCUT2D eigenvalue weighted by Crippen LogP contribution is 2.24. The summed E-state index contributed by atoms with van der Waals surface area (Å²) in [5, 5.41) is 0. The molecule has 0 aliphatic heterocycles. The van der Waals surface area contributed by atoms with Crippen LogP contribution >= 0.6 is 0 Å².